The van der Waals surface area contributed by atoms with Crippen LogP contribution in [0, 0.1) is 10.1 Å². The minimum atomic E-state index is -0.898. The number of benzene rings is 2. The summed E-state index contributed by atoms with van der Waals surface area (Å²) in [5.74, 6) is -0.624. The number of non-ortho nitro benzene ring substituents is 1. The van der Waals surface area contributed by atoms with Crippen LogP contribution in [0.15, 0.2) is 59.8 Å². The number of hydrogen-bond donors (Lipinski definition) is 3. The Labute approximate surface area is 183 Å². The average molecular weight is 445 g/mol. The van der Waals surface area contributed by atoms with Crippen molar-refractivity contribution in [2.75, 3.05) is 13.2 Å². The molecule has 0 saturated carbocycles. The highest BCUT2D eigenvalue weighted by Crippen LogP contribution is 2.29. The zero-order valence-corrected chi connectivity index (χ0v) is 17.4. The number of esters is 1. The van der Waals surface area contributed by atoms with E-state index < -0.39 is 23.0 Å². The van der Waals surface area contributed by atoms with Gasteiger partial charge in [-0.25, -0.2) is 9.59 Å². The minimum Gasteiger partial charge on any atom is -0.463 e. The first-order valence-corrected chi connectivity index (χ1v) is 9.94. The van der Waals surface area contributed by atoms with E-state index in [1.54, 1.807) is 19.1 Å². The van der Waals surface area contributed by atoms with E-state index in [-0.39, 0.29) is 24.4 Å². The Morgan fingerprint density at radius 3 is 2.71 bits per heavy atom. The van der Waals surface area contributed by atoms with Crippen LogP contribution >= 0.6 is 11.6 Å². The van der Waals surface area contributed by atoms with E-state index in [0.29, 0.717) is 22.8 Å². The number of ether oxygens (including phenoxy) is 1. The van der Waals surface area contributed by atoms with Crippen LogP contribution in [0.25, 0.3) is 0 Å². The van der Waals surface area contributed by atoms with Crippen molar-refractivity contribution in [2.24, 2.45) is 0 Å². The number of nitro groups is 1. The summed E-state index contributed by atoms with van der Waals surface area (Å²) < 4.78 is 5.19. The second kappa shape index (κ2) is 10.1. The van der Waals surface area contributed by atoms with Crippen molar-refractivity contribution in [1.82, 2.24) is 16.0 Å². The Morgan fingerprint density at radius 2 is 2.00 bits per heavy atom. The van der Waals surface area contributed by atoms with Crippen LogP contribution < -0.4 is 16.0 Å². The van der Waals surface area contributed by atoms with Crippen LogP contribution in [0.2, 0.25) is 5.02 Å². The van der Waals surface area contributed by atoms with Gasteiger partial charge in [-0.15, -0.1) is 0 Å². The van der Waals surface area contributed by atoms with E-state index in [4.69, 9.17) is 16.3 Å². The van der Waals surface area contributed by atoms with E-state index in [0.717, 1.165) is 5.56 Å². The molecule has 1 heterocycles. The molecule has 162 valence electrons. The lowest BCUT2D eigenvalue weighted by atomic mass is 9.94. The van der Waals surface area contributed by atoms with Gasteiger partial charge in [0, 0.05) is 35.9 Å². The topological polar surface area (TPSA) is 123 Å². The molecule has 0 fully saturated rings. The standard InChI is InChI=1S/C21H21ClN4O5/c1-2-31-20(27)18-17(12-23-11-14-6-3-4-9-16(14)22)24-21(28)25-19(18)13-7-5-8-15(10-13)26(29)30/h3-10,19,23H,2,11-12H2,1H3,(H2,24,25,28)/t19-/m0/s1. The zero-order valence-electron chi connectivity index (χ0n) is 16.7. The monoisotopic (exact) mass is 444 g/mol. The first kappa shape index (κ1) is 22.3. The van der Waals surface area contributed by atoms with Gasteiger partial charge in [-0.3, -0.25) is 10.1 Å². The Bertz CT molecular complexity index is 1040. The fraction of sp³-hybridized carbons (Fsp3) is 0.238. The number of halogens is 1. The highest BCUT2D eigenvalue weighted by atomic mass is 35.5. The fourth-order valence-corrected chi connectivity index (χ4v) is 3.44. The average Bonchev–Trinajstić information content (AvgIpc) is 2.75. The Kier molecular flexibility index (Phi) is 7.22. The third-order valence-corrected chi connectivity index (χ3v) is 5.01. The second-order valence-electron chi connectivity index (χ2n) is 6.69. The van der Waals surface area contributed by atoms with Gasteiger partial charge in [0.05, 0.1) is 23.1 Å². The van der Waals surface area contributed by atoms with E-state index >= 15 is 0 Å². The van der Waals surface area contributed by atoms with Crippen molar-refractivity contribution in [2.45, 2.75) is 19.5 Å². The molecule has 0 bridgehead atoms. The largest absolute Gasteiger partial charge is 0.463 e. The molecule has 3 N–H and O–H groups in total. The van der Waals surface area contributed by atoms with Crippen LogP contribution in [0.1, 0.15) is 24.1 Å². The molecule has 3 rings (SSSR count). The SMILES string of the molecule is CCOC(=O)C1=C(CNCc2ccccc2Cl)NC(=O)N[C@H]1c1cccc([N+](=O)[O-])c1. The number of rotatable bonds is 8. The summed E-state index contributed by atoms with van der Waals surface area (Å²) in [7, 11) is 0. The van der Waals surface area contributed by atoms with Crippen molar-refractivity contribution in [1.29, 1.82) is 0 Å². The number of carbonyl (C=O) groups excluding carboxylic acids is 2. The number of amides is 2. The van der Waals surface area contributed by atoms with Crippen molar-refractivity contribution in [3.8, 4) is 0 Å². The van der Waals surface area contributed by atoms with Gasteiger partial charge in [0.25, 0.3) is 5.69 Å². The lowest BCUT2D eigenvalue weighted by Gasteiger charge is -2.29. The number of urea groups is 1. The highest BCUT2D eigenvalue weighted by Gasteiger charge is 2.34. The molecule has 31 heavy (non-hydrogen) atoms. The van der Waals surface area contributed by atoms with Crippen molar-refractivity contribution >= 4 is 29.3 Å². The van der Waals surface area contributed by atoms with Gasteiger partial charge in [-0.05, 0) is 24.1 Å². The molecular formula is C21H21ClN4O5. The van der Waals surface area contributed by atoms with Crippen LogP contribution in [-0.2, 0) is 16.1 Å². The summed E-state index contributed by atoms with van der Waals surface area (Å²) in [5, 5.41) is 20.2. The molecule has 1 atom stereocenters. The van der Waals surface area contributed by atoms with Gasteiger partial charge in [0.15, 0.2) is 0 Å². The maximum absolute atomic E-state index is 12.8. The van der Waals surface area contributed by atoms with E-state index in [9.17, 15) is 19.7 Å². The van der Waals surface area contributed by atoms with Crippen LogP contribution in [-0.4, -0.2) is 30.1 Å². The number of carbonyl (C=O) groups is 2. The van der Waals surface area contributed by atoms with E-state index in [1.807, 2.05) is 18.2 Å². The first-order chi connectivity index (χ1) is 14.9. The van der Waals surface area contributed by atoms with E-state index in [2.05, 4.69) is 16.0 Å². The molecule has 9 nitrogen and oxygen atoms in total. The summed E-state index contributed by atoms with van der Waals surface area (Å²) in [6, 6.07) is 11.7. The first-order valence-electron chi connectivity index (χ1n) is 9.56. The number of nitrogens with zero attached hydrogens (tertiary/aromatic N) is 1. The number of hydrogen-bond acceptors (Lipinski definition) is 6. The summed E-state index contributed by atoms with van der Waals surface area (Å²) in [6.45, 7) is 2.37. The molecule has 1 aliphatic rings. The quantitative estimate of drug-likeness (QED) is 0.326. The molecule has 0 radical (unpaired) electrons. The maximum atomic E-state index is 12.8. The molecule has 0 aliphatic carbocycles. The Balaban J connectivity index is 1.93. The van der Waals surface area contributed by atoms with E-state index in [1.165, 1.54) is 18.2 Å². The van der Waals surface area contributed by atoms with Gasteiger partial charge >= 0.3 is 12.0 Å². The zero-order chi connectivity index (χ0) is 22.4. The number of nitrogens with one attached hydrogen (secondary N) is 3. The molecule has 0 unspecified atom stereocenters. The van der Waals surface area contributed by atoms with Gasteiger partial charge in [-0.2, -0.15) is 0 Å². The third-order valence-electron chi connectivity index (χ3n) is 4.64. The van der Waals surface area contributed by atoms with Gasteiger partial charge < -0.3 is 20.7 Å². The van der Waals surface area contributed by atoms with Crippen molar-refractivity contribution in [3.05, 3.63) is 86.1 Å². The third kappa shape index (κ3) is 5.39. The molecule has 2 amide bonds. The highest BCUT2D eigenvalue weighted by molar-refractivity contribution is 6.31. The molecule has 1 aliphatic heterocycles. The molecule has 2 aromatic rings. The predicted molar refractivity (Wildman–Crippen MR) is 114 cm³/mol. The lowest BCUT2D eigenvalue weighted by molar-refractivity contribution is -0.384. The van der Waals surface area contributed by atoms with Crippen LogP contribution in [0.5, 0.6) is 0 Å². The van der Waals surface area contributed by atoms with Gasteiger partial charge in [-0.1, -0.05) is 41.9 Å². The Hall–Kier alpha value is -3.43. The summed E-state index contributed by atoms with van der Waals surface area (Å²) >= 11 is 6.17. The molecule has 2 aromatic carbocycles. The minimum absolute atomic E-state index is 0.137. The molecular weight excluding hydrogens is 424 g/mol. The van der Waals surface area contributed by atoms with Gasteiger partial charge in [0.2, 0.25) is 0 Å². The maximum Gasteiger partial charge on any atom is 0.338 e. The summed E-state index contributed by atoms with van der Waals surface area (Å²) in [5.41, 5.74) is 1.61. The van der Waals surface area contributed by atoms with Crippen molar-refractivity contribution < 1.29 is 19.2 Å². The molecule has 10 heteroatoms. The summed E-state index contributed by atoms with van der Waals surface area (Å²) in [4.78, 5) is 35.7. The summed E-state index contributed by atoms with van der Waals surface area (Å²) in [6.07, 6.45) is 0. The molecule has 0 aromatic heterocycles. The Morgan fingerprint density at radius 1 is 1.23 bits per heavy atom. The second-order valence-corrected chi connectivity index (χ2v) is 7.10. The normalized spacial score (nSPS) is 15.8. The fourth-order valence-electron chi connectivity index (χ4n) is 3.24. The van der Waals surface area contributed by atoms with Crippen LogP contribution in [0.3, 0.4) is 0 Å². The van der Waals surface area contributed by atoms with Gasteiger partial charge in [0.1, 0.15) is 0 Å². The van der Waals surface area contributed by atoms with Crippen molar-refractivity contribution in [3.63, 3.8) is 0 Å². The smallest absolute Gasteiger partial charge is 0.338 e. The number of nitro benzene ring substituents is 1. The molecule has 0 saturated heterocycles. The lowest BCUT2D eigenvalue weighted by Crippen LogP contribution is -2.48. The predicted octanol–water partition coefficient (Wildman–Crippen LogP) is 3.21. The molecule has 0 spiro atoms. The van der Waals surface area contributed by atoms with Crippen LogP contribution in [0.4, 0.5) is 10.5 Å².